The number of hydrogen-bond acceptors (Lipinski definition) is 6. The fourth-order valence-corrected chi connectivity index (χ4v) is 2.86. The van der Waals surface area contributed by atoms with Crippen LogP contribution in [0.1, 0.15) is 77.3 Å². The lowest BCUT2D eigenvalue weighted by molar-refractivity contribution is -0.421. The Kier molecular flexibility index (Phi) is 10.0. The molecule has 0 atom stereocenters. The predicted octanol–water partition coefficient (Wildman–Crippen LogP) is 5.87. The zero-order valence-electron chi connectivity index (χ0n) is 17.9. The summed E-state index contributed by atoms with van der Waals surface area (Å²) in [6, 6.07) is 14.0. The zero-order valence-corrected chi connectivity index (χ0v) is 17.9. The number of carbonyl (C=O) groups is 2. The Morgan fingerprint density at radius 1 is 0.767 bits per heavy atom. The van der Waals surface area contributed by atoms with Crippen LogP contribution in [0.2, 0.25) is 0 Å². The second-order valence-corrected chi connectivity index (χ2v) is 7.31. The van der Waals surface area contributed by atoms with Crippen molar-refractivity contribution in [2.24, 2.45) is 0 Å². The predicted molar refractivity (Wildman–Crippen MR) is 113 cm³/mol. The Morgan fingerprint density at radius 2 is 1.27 bits per heavy atom. The van der Waals surface area contributed by atoms with Gasteiger partial charge in [0.15, 0.2) is 0 Å². The van der Waals surface area contributed by atoms with Crippen LogP contribution >= 0.6 is 0 Å². The van der Waals surface area contributed by atoms with E-state index < -0.39 is 18.2 Å². The number of rotatable bonds is 12. The van der Waals surface area contributed by atoms with E-state index in [-0.39, 0.29) is 0 Å². The van der Waals surface area contributed by atoms with Gasteiger partial charge in [-0.1, -0.05) is 68.0 Å². The first-order chi connectivity index (χ1) is 14.5. The number of benzene rings is 2. The van der Waals surface area contributed by atoms with Crippen LogP contribution < -0.4 is 0 Å². The van der Waals surface area contributed by atoms with E-state index in [1.54, 1.807) is 36.4 Å². The maximum Gasteiger partial charge on any atom is 0.373 e. The summed E-state index contributed by atoms with van der Waals surface area (Å²) in [4.78, 5) is 44.6. The van der Waals surface area contributed by atoms with E-state index in [2.05, 4.69) is 6.92 Å². The molecule has 0 heterocycles. The van der Waals surface area contributed by atoms with Gasteiger partial charge in [0.25, 0.3) is 0 Å². The normalized spacial score (nSPS) is 10.8. The van der Waals surface area contributed by atoms with Crippen molar-refractivity contribution in [1.82, 2.24) is 0 Å². The van der Waals surface area contributed by atoms with Gasteiger partial charge >= 0.3 is 11.9 Å². The fraction of sp³-hybridized carbons (Fsp3) is 0.417. The van der Waals surface area contributed by atoms with Gasteiger partial charge < -0.3 is 0 Å². The summed E-state index contributed by atoms with van der Waals surface area (Å²) in [7, 11) is 0. The van der Waals surface area contributed by atoms with Gasteiger partial charge in [0.2, 0.25) is 6.29 Å². The molecule has 0 unspecified atom stereocenters. The number of carbonyl (C=O) groups excluding carboxylic acids is 2. The Bertz CT molecular complexity index is 755. The first kappa shape index (κ1) is 23.6. The van der Waals surface area contributed by atoms with E-state index in [0.717, 1.165) is 43.2 Å². The van der Waals surface area contributed by atoms with Gasteiger partial charge in [-0.25, -0.2) is 9.59 Å². The lowest BCUT2D eigenvalue weighted by Crippen LogP contribution is -2.22. The van der Waals surface area contributed by atoms with Crippen molar-refractivity contribution < 1.29 is 29.1 Å². The highest BCUT2D eigenvalue weighted by Gasteiger charge is 2.19. The van der Waals surface area contributed by atoms with Crippen LogP contribution in [-0.2, 0) is 19.6 Å². The van der Waals surface area contributed by atoms with Crippen molar-refractivity contribution in [3.8, 4) is 0 Å². The molecule has 0 amide bonds. The second-order valence-electron chi connectivity index (χ2n) is 7.31. The van der Waals surface area contributed by atoms with E-state index in [1.807, 2.05) is 26.0 Å². The minimum absolute atomic E-state index is 0.369. The van der Waals surface area contributed by atoms with Crippen LogP contribution in [0.3, 0.4) is 0 Å². The van der Waals surface area contributed by atoms with E-state index in [4.69, 9.17) is 19.6 Å². The summed E-state index contributed by atoms with van der Waals surface area (Å²) in [5, 5.41) is 0. The number of aryl methyl sites for hydroxylation is 2. The average molecular weight is 414 g/mol. The van der Waals surface area contributed by atoms with Crippen LogP contribution in [-0.4, -0.2) is 18.2 Å². The molecule has 0 spiro atoms. The van der Waals surface area contributed by atoms with Gasteiger partial charge in [-0.15, -0.1) is 9.78 Å². The third-order valence-corrected chi connectivity index (χ3v) is 4.51. The van der Waals surface area contributed by atoms with E-state index in [0.29, 0.717) is 17.5 Å². The Hall–Kier alpha value is -2.70. The molecule has 0 fully saturated rings. The van der Waals surface area contributed by atoms with Crippen LogP contribution in [0.4, 0.5) is 0 Å². The highest BCUT2D eigenvalue weighted by molar-refractivity contribution is 5.89. The SMILES string of the molecule is CCCCCCCC(OOC(=O)c1cccc(C)c1)OOC(=O)c1cccc(C)c1. The average Bonchev–Trinajstić information content (AvgIpc) is 2.74. The van der Waals surface area contributed by atoms with Crippen LogP contribution in [0.5, 0.6) is 0 Å². The Labute approximate surface area is 178 Å². The molecule has 0 saturated heterocycles. The van der Waals surface area contributed by atoms with Gasteiger partial charge in [0.05, 0.1) is 11.1 Å². The molecule has 0 aliphatic heterocycles. The second kappa shape index (κ2) is 12.8. The lowest BCUT2D eigenvalue weighted by Gasteiger charge is -2.15. The van der Waals surface area contributed by atoms with Gasteiger partial charge in [0, 0.05) is 6.42 Å². The molecule has 0 aliphatic rings. The molecule has 0 aromatic heterocycles. The van der Waals surface area contributed by atoms with Gasteiger partial charge in [0.1, 0.15) is 0 Å². The molecule has 2 aromatic carbocycles. The largest absolute Gasteiger partial charge is 0.373 e. The van der Waals surface area contributed by atoms with Gasteiger partial charge in [-0.3, -0.25) is 9.78 Å². The fourth-order valence-electron chi connectivity index (χ4n) is 2.86. The first-order valence-electron chi connectivity index (χ1n) is 10.4. The summed E-state index contributed by atoms with van der Waals surface area (Å²) < 4.78 is 0. The third-order valence-electron chi connectivity index (χ3n) is 4.51. The molecule has 0 aliphatic carbocycles. The minimum Gasteiger partial charge on any atom is -0.290 e. The van der Waals surface area contributed by atoms with E-state index in [9.17, 15) is 9.59 Å². The highest BCUT2D eigenvalue weighted by atomic mass is 17.3. The molecule has 6 heteroatoms. The third kappa shape index (κ3) is 8.35. The Balaban J connectivity index is 1.90. The van der Waals surface area contributed by atoms with Crippen LogP contribution in [0.25, 0.3) is 0 Å². The Morgan fingerprint density at radius 3 is 1.73 bits per heavy atom. The quantitative estimate of drug-likeness (QED) is 0.187. The standard InChI is InChI=1S/C24H30O6/c1-4-5-6-7-8-15-22(27-29-23(25)20-13-9-11-18(2)16-20)28-30-24(26)21-14-10-12-19(3)17-21/h9-14,16-17,22H,4-8,15H2,1-3H3. The van der Waals surface area contributed by atoms with E-state index in [1.165, 1.54) is 0 Å². The summed E-state index contributed by atoms with van der Waals surface area (Å²) >= 11 is 0. The molecular formula is C24H30O6. The molecular weight excluding hydrogens is 384 g/mol. The maximum atomic E-state index is 12.2. The molecule has 0 radical (unpaired) electrons. The molecule has 30 heavy (non-hydrogen) atoms. The van der Waals surface area contributed by atoms with Crippen molar-refractivity contribution in [3.05, 3.63) is 70.8 Å². The van der Waals surface area contributed by atoms with Crippen LogP contribution in [0.15, 0.2) is 48.5 Å². The van der Waals surface area contributed by atoms with Crippen LogP contribution in [0, 0.1) is 13.8 Å². The molecule has 6 nitrogen and oxygen atoms in total. The van der Waals surface area contributed by atoms with E-state index >= 15 is 0 Å². The van der Waals surface area contributed by atoms with Crippen molar-refractivity contribution in [2.45, 2.75) is 65.6 Å². The molecule has 2 rings (SSSR count). The van der Waals surface area contributed by atoms with Crippen molar-refractivity contribution in [2.75, 3.05) is 0 Å². The van der Waals surface area contributed by atoms with Crippen molar-refractivity contribution in [3.63, 3.8) is 0 Å². The number of unbranched alkanes of at least 4 members (excludes halogenated alkanes) is 4. The summed E-state index contributed by atoms with van der Waals surface area (Å²) in [5.41, 5.74) is 2.60. The zero-order chi connectivity index (χ0) is 21.8. The molecule has 0 bridgehead atoms. The summed E-state index contributed by atoms with van der Waals surface area (Å²) in [6.45, 7) is 5.90. The minimum atomic E-state index is -1.01. The lowest BCUT2D eigenvalue weighted by atomic mass is 10.1. The molecule has 2 aromatic rings. The maximum absolute atomic E-state index is 12.2. The highest BCUT2D eigenvalue weighted by Crippen LogP contribution is 2.14. The summed E-state index contributed by atoms with van der Waals surface area (Å²) in [5.74, 6) is -1.27. The summed E-state index contributed by atoms with van der Waals surface area (Å²) in [6.07, 6.45) is 4.56. The first-order valence-corrected chi connectivity index (χ1v) is 10.4. The topological polar surface area (TPSA) is 71.1 Å². The number of hydrogen-bond donors (Lipinski definition) is 0. The van der Waals surface area contributed by atoms with Gasteiger partial charge in [-0.2, -0.15) is 0 Å². The monoisotopic (exact) mass is 414 g/mol. The smallest absolute Gasteiger partial charge is 0.290 e. The molecule has 0 saturated carbocycles. The van der Waals surface area contributed by atoms with Crippen molar-refractivity contribution in [1.29, 1.82) is 0 Å². The molecule has 162 valence electrons. The van der Waals surface area contributed by atoms with Gasteiger partial charge in [-0.05, 0) is 44.5 Å². The van der Waals surface area contributed by atoms with Crippen molar-refractivity contribution >= 4 is 11.9 Å². The molecule has 0 N–H and O–H groups in total.